The fourth-order valence-corrected chi connectivity index (χ4v) is 2.18. The number of hydrogen-bond acceptors (Lipinski definition) is 3. The monoisotopic (exact) mass is 275 g/mol. The molecule has 1 rings (SSSR count). The van der Waals surface area contributed by atoms with Gasteiger partial charge in [-0.1, -0.05) is 6.07 Å². The number of halogens is 1. The number of benzene rings is 1. The van der Waals surface area contributed by atoms with Crippen molar-refractivity contribution in [3.63, 3.8) is 0 Å². The molecule has 1 N–H and O–H groups in total. The van der Waals surface area contributed by atoms with E-state index in [1.165, 1.54) is 6.92 Å². The summed E-state index contributed by atoms with van der Waals surface area (Å²) in [4.78, 5) is 10.9. The topological polar surface area (TPSA) is 63.2 Å². The lowest BCUT2D eigenvalue weighted by Crippen LogP contribution is -2.07. The van der Waals surface area contributed by atoms with Crippen LogP contribution in [0.1, 0.15) is 18.1 Å². The summed E-state index contributed by atoms with van der Waals surface area (Å²) in [5.74, 6) is -0.227. The maximum Gasteiger partial charge on any atom is 0.232 e. The van der Waals surface area contributed by atoms with Gasteiger partial charge in [0.25, 0.3) is 0 Å². The molecule has 0 atom stereocenters. The number of hydrogen-bond donors (Lipinski definition) is 1. The standard InChI is InChI=1S/C11H14ClNO3S/c1-8-7-11(13-9(2)14)4-3-10(8)5-6-17(12,15)16/h3-4,7H,5-6H2,1-2H3,(H,13,14). The van der Waals surface area contributed by atoms with Crippen molar-refractivity contribution in [3.05, 3.63) is 29.3 Å². The van der Waals surface area contributed by atoms with Gasteiger partial charge in [-0.05, 0) is 36.6 Å². The zero-order chi connectivity index (χ0) is 13.1. The molecule has 0 spiro atoms. The van der Waals surface area contributed by atoms with Crippen LogP contribution in [-0.4, -0.2) is 20.1 Å². The van der Waals surface area contributed by atoms with Crippen LogP contribution < -0.4 is 5.32 Å². The van der Waals surface area contributed by atoms with E-state index in [1.54, 1.807) is 18.2 Å². The van der Waals surface area contributed by atoms with Crippen LogP contribution in [0.4, 0.5) is 5.69 Å². The summed E-state index contributed by atoms with van der Waals surface area (Å²) in [6, 6.07) is 5.34. The molecule has 4 nitrogen and oxygen atoms in total. The highest BCUT2D eigenvalue weighted by atomic mass is 35.7. The maximum atomic E-state index is 10.9. The van der Waals surface area contributed by atoms with Gasteiger partial charge >= 0.3 is 0 Å². The summed E-state index contributed by atoms with van der Waals surface area (Å²) in [5, 5.41) is 2.66. The van der Waals surface area contributed by atoms with Crippen molar-refractivity contribution >= 4 is 31.3 Å². The largest absolute Gasteiger partial charge is 0.326 e. The maximum absolute atomic E-state index is 10.9. The molecule has 94 valence electrons. The molecule has 1 amide bonds. The highest BCUT2D eigenvalue weighted by Crippen LogP contribution is 2.16. The smallest absolute Gasteiger partial charge is 0.232 e. The van der Waals surface area contributed by atoms with Crippen molar-refractivity contribution in [2.45, 2.75) is 20.3 Å². The molecule has 0 fully saturated rings. The Hall–Kier alpha value is -1.07. The molecule has 0 aliphatic heterocycles. The van der Waals surface area contributed by atoms with Crippen molar-refractivity contribution < 1.29 is 13.2 Å². The van der Waals surface area contributed by atoms with Gasteiger partial charge in [-0.15, -0.1) is 0 Å². The highest BCUT2D eigenvalue weighted by molar-refractivity contribution is 8.13. The van der Waals surface area contributed by atoms with Gasteiger partial charge in [0.15, 0.2) is 0 Å². The van der Waals surface area contributed by atoms with Gasteiger partial charge in [-0.2, -0.15) is 0 Å². The number of amides is 1. The van der Waals surface area contributed by atoms with Crippen molar-refractivity contribution in [2.75, 3.05) is 11.1 Å². The van der Waals surface area contributed by atoms with E-state index in [2.05, 4.69) is 5.32 Å². The first-order valence-electron chi connectivity index (χ1n) is 5.07. The zero-order valence-corrected chi connectivity index (χ0v) is 11.2. The lowest BCUT2D eigenvalue weighted by Gasteiger charge is -2.08. The Morgan fingerprint density at radius 1 is 1.41 bits per heavy atom. The van der Waals surface area contributed by atoms with Crippen molar-refractivity contribution in [2.24, 2.45) is 0 Å². The fraction of sp³-hybridized carbons (Fsp3) is 0.364. The van der Waals surface area contributed by atoms with Crippen molar-refractivity contribution in [1.82, 2.24) is 0 Å². The second-order valence-electron chi connectivity index (χ2n) is 3.82. The Kier molecular flexibility index (Phi) is 4.54. The number of rotatable bonds is 4. The summed E-state index contributed by atoms with van der Waals surface area (Å²) in [6.45, 7) is 3.30. The average molecular weight is 276 g/mol. The number of aryl methyl sites for hydroxylation is 2. The molecule has 17 heavy (non-hydrogen) atoms. The number of carbonyl (C=O) groups is 1. The molecule has 1 aromatic rings. The predicted molar refractivity (Wildman–Crippen MR) is 68.8 cm³/mol. The van der Waals surface area contributed by atoms with Crippen LogP contribution in [-0.2, 0) is 20.3 Å². The van der Waals surface area contributed by atoms with E-state index >= 15 is 0 Å². The predicted octanol–water partition coefficient (Wildman–Crippen LogP) is 2.06. The van der Waals surface area contributed by atoms with Gasteiger partial charge in [0.2, 0.25) is 15.0 Å². The summed E-state index contributed by atoms with van der Waals surface area (Å²) in [7, 11) is 1.69. The first-order chi connectivity index (χ1) is 7.78. The molecule has 0 aliphatic rings. The van der Waals surface area contributed by atoms with Crippen LogP contribution in [0.3, 0.4) is 0 Å². The van der Waals surface area contributed by atoms with Gasteiger partial charge in [-0.3, -0.25) is 4.79 Å². The van der Waals surface area contributed by atoms with Gasteiger partial charge < -0.3 is 5.32 Å². The molecule has 0 bridgehead atoms. The molecule has 0 saturated carbocycles. The second kappa shape index (κ2) is 5.51. The Bertz CT molecular complexity index is 526. The zero-order valence-electron chi connectivity index (χ0n) is 9.66. The molecular weight excluding hydrogens is 262 g/mol. The van der Waals surface area contributed by atoms with Crippen LogP contribution in [0.2, 0.25) is 0 Å². The Balaban J connectivity index is 2.79. The van der Waals surface area contributed by atoms with Crippen LogP contribution in [0.25, 0.3) is 0 Å². The van der Waals surface area contributed by atoms with Gasteiger partial charge in [0, 0.05) is 23.3 Å². The molecule has 0 heterocycles. The van der Waals surface area contributed by atoms with Gasteiger partial charge in [0.05, 0.1) is 5.75 Å². The number of carbonyl (C=O) groups excluding carboxylic acids is 1. The van der Waals surface area contributed by atoms with Gasteiger partial charge in [0.1, 0.15) is 0 Å². The van der Waals surface area contributed by atoms with Crippen LogP contribution >= 0.6 is 10.7 Å². The normalized spacial score (nSPS) is 11.2. The first kappa shape index (κ1) is 14.0. The number of nitrogens with one attached hydrogen (secondary N) is 1. The SMILES string of the molecule is CC(=O)Nc1ccc(CCS(=O)(=O)Cl)c(C)c1. The molecule has 0 radical (unpaired) electrons. The third-order valence-corrected chi connectivity index (χ3v) is 3.43. The first-order valence-corrected chi connectivity index (χ1v) is 7.55. The molecule has 0 aromatic heterocycles. The Morgan fingerprint density at radius 3 is 2.53 bits per heavy atom. The highest BCUT2D eigenvalue weighted by Gasteiger charge is 2.08. The second-order valence-corrected chi connectivity index (χ2v) is 6.71. The molecule has 1 aromatic carbocycles. The van der Waals surface area contributed by atoms with Crippen molar-refractivity contribution in [3.8, 4) is 0 Å². The number of anilines is 1. The van der Waals surface area contributed by atoms with Gasteiger partial charge in [-0.25, -0.2) is 8.42 Å². The molecule has 0 saturated heterocycles. The molecule has 6 heteroatoms. The minimum absolute atomic E-state index is 0.0884. The van der Waals surface area contributed by atoms with E-state index in [4.69, 9.17) is 10.7 Å². The van der Waals surface area contributed by atoms with E-state index in [0.29, 0.717) is 12.1 Å². The third kappa shape index (κ3) is 5.19. The Morgan fingerprint density at radius 2 is 2.06 bits per heavy atom. The van der Waals surface area contributed by atoms with E-state index in [-0.39, 0.29) is 11.7 Å². The van der Waals surface area contributed by atoms with E-state index in [0.717, 1.165) is 11.1 Å². The molecular formula is C11H14ClNO3S. The van der Waals surface area contributed by atoms with Crippen LogP contribution in [0, 0.1) is 6.92 Å². The average Bonchev–Trinajstić information content (AvgIpc) is 2.13. The summed E-state index contributed by atoms with van der Waals surface area (Å²) in [6.07, 6.45) is 0.373. The van der Waals surface area contributed by atoms with E-state index in [1.807, 2.05) is 6.92 Å². The van der Waals surface area contributed by atoms with Crippen molar-refractivity contribution in [1.29, 1.82) is 0 Å². The van der Waals surface area contributed by atoms with Crippen LogP contribution in [0.15, 0.2) is 18.2 Å². The van der Waals surface area contributed by atoms with E-state index in [9.17, 15) is 13.2 Å². The lowest BCUT2D eigenvalue weighted by atomic mass is 10.1. The Labute approximate surface area is 105 Å². The summed E-state index contributed by atoms with van der Waals surface area (Å²) >= 11 is 0. The van der Waals surface area contributed by atoms with E-state index < -0.39 is 9.05 Å². The lowest BCUT2D eigenvalue weighted by molar-refractivity contribution is -0.114. The quantitative estimate of drug-likeness (QED) is 0.856. The molecule has 0 unspecified atom stereocenters. The van der Waals surface area contributed by atoms with Crippen LogP contribution in [0.5, 0.6) is 0 Å². The molecule has 0 aliphatic carbocycles. The third-order valence-electron chi connectivity index (χ3n) is 2.28. The minimum Gasteiger partial charge on any atom is -0.326 e. The minimum atomic E-state index is -3.47. The fourth-order valence-electron chi connectivity index (χ4n) is 1.49. The summed E-state index contributed by atoms with van der Waals surface area (Å²) < 4.78 is 21.7. The summed E-state index contributed by atoms with van der Waals surface area (Å²) in [5.41, 5.74) is 2.53.